The quantitative estimate of drug-likeness (QED) is 0.805. The highest BCUT2D eigenvalue weighted by molar-refractivity contribution is 6.06. The number of carboxylic acids is 1. The summed E-state index contributed by atoms with van der Waals surface area (Å²) in [6.07, 6.45) is 0. The van der Waals surface area contributed by atoms with Crippen LogP contribution in [-0.2, 0) is 14.4 Å². The second kappa shape index (κ2) is 5.82. The Labute approximate surface area is 121 Å². The summed E-state index contributed by atoms with van der Waals surface area (Å²) in [5.74, 6) is -1.63. The molecule has 0 bridgehead atoms. The zero-order valence-corrected chi connectivity index (χ0v) is 11.8. The molecular formula is C14H16N2O5. The number of hydrogen-bond acceptors (Lipinski definition) is 5. The van der Waals surface area contributed by atoms with Gasteiger partial charge in [0.05, 0.1) is 13.7 Å². The average Bonchev–Trinajstić information content (AvgIpc) is 2.47. The Hall–Kier alpha value is -2.57. The lowest BCUT2D eigenvalue weighted by molar-refractivity contribution is -0.154. The zero-order valence-electron chi connectivity index (χ0n) is 11.8. The van der Waals surface area contributed by atoms with Crippen molar-refractivity contribution in [3.8, 4) is 5.75 Å². The molecule has 1 heterocycles. The Morgan fingerprint density at radius 1 is 1.43 bits per heavy atom. The fraction of sp³-hybridized carbons (Fsp3) is 0.357. The number of ether oxygens (including phenoxy) is 1. The number of anilines is 1. The van der Waals surface area contributed by atoms with Gasteiger partial charge >= 0.3 is 5.97 Å². The molecule has 1 aromatic carbocycles. The van der Waals surface area contributed by atoms with E-state index in [1.54, 1.807) is 36.1 Å². The number of amides is 2. The summed E-state index contributed by atoms with van der Waals surface area (Å²) in [6, 6.07) is 6.41. The van der Waals surface area contributed by atoms with Gasteiger partial charge in [-0.3, -0.25) is 19.3 Å². The molecule has 0 aliphatic carbocycles. The van der Waals surface area contributed by atoms with Crippen LogP contribution in [0.3, 0.4) is 0 Å². The molecule has 0 aromatic heterocycles. The molecule has 2 rings (SSSR count). The van der Waals surface area contributed by atoms with Gasteiger partial charge in [-0.1, -0.05) is 6.07 Å². The van der Waals surface area contributed by atoms with Gasteiger partial charge in [0.15, 0.2) is 0 Å². The molecule has 1 aliphatic rings. The van der Waals surface area contributed by atoms with E-state index in [1.165, 1.54) is 7.11 Å². The van der Waals surface area contributed by atoms with E-state index < -0.39 is 30.4 Å². The largest absolute Gasteiger partial charge is 0.497 e. The van der Waals surface area contributed by atoms with Gasteiger partial charge in [0.25, 0.3) is 5.91 Å². The Bertz CT molecular complexity index is 586. The SMILES string of the molecule is COc1cccc(N2CC(=O)N(CC(=O)O)C(=O)C2C)c1. The number of imide groups is 1. The monoisotopic (exact) mass is 292 g/mol. The second-order valence-corrected chi connectivity index (χ2v) is 4.72. The van der Waals surface area contributed by atoms with Crippen LogP contribution in [-0.4, -0.2) is 54.0 Å². The van der Waals surface area contributed by atoms with Crippen LogP contribution in [0.2, 0.25) is 0 Å². The molecule has 1 saturated heterocycles. The van der Waals surface area contributed by atoms with Crippen LogP contribution in [0, 0.1) is 0 Å². The molecule has 2 amide bonds. The first-order chi connectivity index (χ1) is 9.93. The number of carbonyl (C=O) groups is 3. The first kappa shape index (κ1) is 14.8. The molecule has 1 unspecified atom stereocenters. The Morgan fingerprint density at radius 3 is 2.76 bits per heavy atom. The number of carboxylic acid groups (broad SMARTS) is 1. The van der Waals surface area contributed by atoms with Crippen LogP contribution in [0.5, 0.6) is 5.75 Å². The molecule has 1 N–H and O–H groups in total. The molecule has 112 valence electrons. The van der Waals surface area contributed by atoms with E-state index in [0.717, 1.165) is 4.90 Å². The molecule has 0 saturated carbocycles. The third kappa shape index (κ3) is 2.96. The predicted molar refractivity (Wildman–Crippen MR) is 74.2 cm³/mol. The number of piperazine rings is 1. The van der Waals surface area contributed by atoms with E-state index in [0.29, 0.717) is 11.4 Å². The number of benzene rings is 1. The van der Waals surface area contributed by atoms with E-state index in [-0.39, 0.29) is 6.54 Å². The third-order valence-electron chi connectivity index (χ3n) is 3.38. The standard InChI is InChI=1S/C14H16N2O5/c1-9-14(20)16(8-13(18)19)12(17)7-15(9)10-4-3-5-11(6-10)21-2/h3-6,9H,7-8H2,1-2H3,(H,18,19). The number of methoxy groups -OCH3 is 1. The normalized spacial score (nSPS) is 18.9. The second-order valence-electron chi connectivity index (χ2n) is 4.72. The van der Waals surface area contributed by atoms with Crippen LogP contribution in [0.4, 0.5) is 5.69 Å². The van der Waals surface area contributed by atoms with Crippen molar-refractivity contribution in [2.24, 2.45) is 0 Å². The van der Waals surface area contributed by atoms with E-state index in [9.17, 15) is 14.4 Å². The van der Waals surface area contributed by atoms with Crippen molar-refractivity contribution in [2.75, 3.05) is 25.1 Å². The average molecular weight is 292 g/mol. The molecule has 1 aromatic rings. The van der Waals surface area contributed by atoms with Gasteiger partial charge in [-0.15, -0.1) is 0 Å². The predicted octanol–water partition coefficient (Wildman–Crippen LogP) is 0.343. The number of nitrogens with zero attached hydrogens (tertiary/aromatic N) is 2. The van der Waals surface area contributed by atoms with Crippen LogP contribution >= 0.6 is 0 Å². The van der Waals surface area contributed by atoms with Gasteiger partial charge in [-0.25, -0.2) is 0 Å². The minimum absolute atomic E-state index is 0.0483. The summed E-state index contributed by atoms with van der Waals surface area (Å²) in [5.41, 5.74) is 0.679. The zero-order chi connectivity index (χ0) is 15.6. The molecule has 0 radical (unpaired) electrons. The first-order valence-corrected chi connectivity index (χ1v) is 6.40. The van der Waals surface area contributed by atoms with Crippen molar-refractivity contribution in [3.63, 3.8) is 0 Å². The summed E-state index contributed by atoms with van der Waals surface area (Å²) >= 11 is 0. The van der Waals surface area contributed by atoms with E-state index in [1.807, 2.05) is 0 Å². The molecule has 7 heteroatoms. The smallest absolute Gasteiger partial charge is 0.323 e. The summed E-state index contributed by atoms with van der Waals surface area (Å²) < 4.78 is 5.12. The molecule has 1 aliphatic heterocycles. The maximum Gasteiger partial charge on any atom is 0.323 e. The topological polar surface area (TPSA) is 87.2 Å². The summed E-state index contributed by atoms with van der Waals surface area (Å²) in [5, 5.41) is 8.76. The molecule has 0 spiro atoms. The highest BCUT2D eigenvalue weighted by Crippen LogP contribution is 2.25. The maximum atomic E-state index is 12.2. The van der Waals surface area contributed by atoms with Crippen LogP contribution < -0.4 is 9.64 Å². The highest BCUT2D eigenvalue weighted by Gasteiger charge is 2.38. The van der Waals surface area contributed by atoms with Crippen molar-refractivity contribution in [2.45, 2.75) is 13.0 Å². The van der Waals surface area contributed by atoms with Gasteiger partial charge in [0.2, 0.25) is 5.91 Å². The van der Waals surface area contributed by atoms with Crippen molar-refractivity contribution < 1.29 is 24.2 Å². The van der Waals surface area contributed by atoms with Gasteiger partial charge in [0, 0.05) is 11.8 Å². The minimum Gasteiger partial charge on any atom is -0.497 e. The van der Waals surface area contributed by atoms with E-state index >= 15 is 0 Å². The first-order valence-electron chi connectivity index (χ1n) is 6.40. The number of rotatable bonds is 4. The fourth-order valence-corrected chi connectivity index (χ4v) is 2.26. The lowest BCUT2D eigenvalue weighted by atomic mass is 10.1. The van der Waals surface area contributed by atoms with Crippen molar-refractivity contribution in [3.05, 3.63) is 24.3 Å². The van der Waals surface area contributed by atoms with Crippen LogP contribution in [0.25, 0.3) is 0 Å². The fourth-order valence-electron chi connectivity index (χ4n) is 2.26. The Morgan fingerprint density at radius 2 is 2.14 bits per heavy atom. The third-order valence-corrected chi connectivity index (χ3v) is 3.38. The van der Waals surface area contributed by atoms with E-state index in [4.69, 9.17) is 9.84 Å². The molecule has 7 nitrogen and oxygen atoms in total. The Kier molecular flexibility index (Phi) is 4.11. The van der Waals surface area contributed by atoms with Gasteiger partial charge < -0.3 is 14.7 Å². The molecular weight excluding hydrogens is 276 g/mol. The van der Waals surface area contributed by atoms with Crippen molar-refractivity contribution >= 4 is 23.5 Å². The summed E-state index contributed by atoms with van der Waals surface area (Å²) in [4.78, 5) is 37.3. The number of hydrogen-bond donors (Lipinski definition) is 1. The van der Waals surface area contributed by atoms with E-state index in [2.05, 4.69) is 0 Å². The summed E-state index contributed by atoms with van der Waals surface area (Å²) in [6.45, 7) is 0.990. The lowest BCUT2D eigenvalue weighted by Gasteiger charge is -2.38. The highest BCUT2D eigenvalue weighted by atomic mass is 16.5. The van der Waals surface area contributed by atoms with Crippen molar-refractivity contribution in [1.82, 2.24) is 4.90 Å². The lowest BCUT2D eigenvalue weighted by Crippen LogP contribution is -2.60. The van der Waals surface area contributed by atoms with Crippen LogP contribution in [0.15, 0.2) is 24.3 Å². The van der Waals surface area contributed by atoms with Gasteiger partial charge in [0.1, 0.15) is 18.3 Å². The number of carbonyl (C=O) groups excluding carboxylic acids is 2. The van der Waals surface area contributed by atoms with Gasteiger partial charge in [-0.2, -0.15) is 0 Å². The van der Waals surface area contributed by atoms with Crippen LogP contribution in [0.1, 0.15) is 6.92 Å². The summed E-state index contributed by atoms with van der Waals surface area (Å²) in [7, 11) is 1.53. The number of aliphatic carboxylic acids is 1. The molecule has 21 heavy (non-hydrogen) atoms. The molecule has 1 fully saturated rings. The van der Waals surface area contributed by atoms with Crippen molar-refractivity contribution in [1.29, 1.82) is 0 Å². The maximum absolute atomic E-state index is 12.2. The minimum atomic E-state index is -1.21. The van der Waals surface area contributed by atoms with Gasteiger partial charge in [-0.05, 0) is 19.1 Å². The Balaban J connectivity index is 2.26. The molecule has 1 atom stereocenters.